The van der Waals surface area contributed by atoms with Crippen molar-refractivity contribution in [1.29, 1.82) is 0 Å². The molecular weight excluding hydrogens is 276 g/mol. The number of carboxylic acid groups (broad SMARTS) is 1. The first-order valence-corrected chi connectivity index (χ1v) is 6.68. The largest absolute Gasteiger partial charge is 0.508 e. The predicted octanol–water partition coefficient (Wildman–Crippen LogP) is 1.32. The molecule has 2 atom stereocenters. The molecule has 0 aromatic heterocycles. The van der Waals surface area contributed by atoms with E-state index in [0.717, 1.165) is 12.5 Å². The molecule has 2 unspecified atom stereocenters. The normalized spacial score (nSPS) is 21.3. The van der Waals surface area contributed by atoms with Gasteiger partial charge in [0.25, 0.3) is 0 Å². The Labute approximate surface area is 121 Å². The Bertz CT molecular complexity index is 560. The van der Waals surface area contributed by atoms with E-state index in [1.807, 2.05) is 6.92 Å². The van der Waals surface area contributed by atoms with Gasteiger partial charge in [0.2, 0.25) is 0 Å². The average molecular weight is 294 g/mol. The quantitative estimate of drug-likeness (QED) is 0.629. The summed E-state index contributed by atoms with van der Waals surface area (Å²) >= 11 is 0. The summed E-state index contributed by atoms with van der Waals surface area (Å²) in [4.78, 5) is 24.9. The molecule has 0 spiro atoms. The fourth-order valence-electron chi connectivity index (χ4n) is 2.54. The highest BCUT2D eigenvalue weighted by atomic mass is 16.4. The molecule has 1 aromatic rings. The van der Waals surface area contributed by atoms with Crippen LogP contribution in [0.2, 0.25) is 0 Å². The number of carboxylic acids is 1. The third-order valence-electron chi connectivity index (χ3n) is 3.81. The molecule has 4 N–H and O–H groups in total. The van der Waals surface area contributed by atoms with Crippen molar-refractivity contribution < 1.29 is 24.9 Å². The van der Waals surface area contributed by atoms with E-state index in [1.165, 1.54) is 17.0 Å². The lowest BCUT2D eigenvalue weighted by atomic mass is 10.0. The fraction of sp³-hybridized carbons (Fsp3) is 0.429. The van der Waals surface area contributed by atoms with Crippen LogP contribution in [0.3, 0.4) is 0 Å². The summed E-state index contributed by atoms with van der Waals surface area (Å²) in [5.41, 5.74) is -0.0716. The summed E-state index contributed by atoms with van der Waals surface area (Å²) in [5, 5.41) is 30.3. The third kappa shape index (κ3) is 3.08. The van der Waals surface area contributed by atoms with Crippen LogP contribution < -0.4 is 5.32 Å². The molecule has 0 bridgehead atoms. The van der Waals surface area contributed by atoms with E-state index in [1.54, 1.807) is 0 Å². The summed E-state index contributed by atoms with van der Waals surface area (Å²) in [7, 11) is 0. The zero-order valence-electron chi connectivity index (χ0n) is 11.6. The number of aliphatic hydroxyl groups excluding tert-OH is 1. The molecule has 1 saturated heterocycles. The minimum atomic E-state index is -1.24. The number of aromatic hydroxyl groups is 1. The van der Waals surface area contributed by atoms with Crippen molar-refractivity contribution in [3.63, 3.8) is 0 Å². The van der Waals surface area contributed by atoms with Gasteiger partial charge in [0, 0.05) is 6.54 Å². The number of amides is 2. The zero-order valence-corrected chi connectivity index (χ0v) is 11.6. The molecule has 1 aliphatic rings. The van der Waals surface area contributed by atoms with Gasteiger partial charge in [0.05, 0.1) is 23.9 Å². The molecule has 7 nitrogen and oxygen atoms in total. The van der Waals surface area contributed by atoms with E-state index in [9.17, 15) is 19.8 Å². The standard InChI is InChI=1S/C14H18N2O5/c1-8-4-5-16(12(8)7-17)14(21)15-11-3-2-9(18)6-10(11)13(19)20/h2-3,6,8,12,17-18H,4-5,7H2,1H3,(H,15,21)(H,19,20). The number of hydrogen-bond acceptors (Lipinski definition) is 4. The number of urea groups is 1. The number of carbonyl (C=O) groups excluding carboxylic acids is 1. The molecule has 1 heterocycles. The van der Waals surface area contributed by atoms with Gasteiger partial charge >= 0.3 is 12.0 Å². The molecule has 2 rings (SSSR count). The minimum Gasteiger partial charge on any atom is -0.508 e. The number of nitrogens with one attached hydrogen (secondary N) is 1. The first kappa shape index (κ1) is 15.1. The lowest BCUT2D eigenvalue weighted by Gasteiger charge is -2.25. The van der Waals surface area contributed by atoms with Crippen molar-refractivity contribution in [3.8, 4) is 5.75 Å². The van der Waals surface area contributed by atoms with E-state index in [2.05, 4.69) is 5.32 Å². The highest BCUT2D eigenvalue weighted by Gasteiger charge is 2.34. The van der Waals surface area contributed by atoms with Crippen molar-refractivity contribution in [2.45, 2.75) is 19.4 Å². The molecule has 21 heavy (non-hydrogen) atoms. The van der Waals surface area contributed by atoms with E-state index in [4.69, 9.17) is 5.11 Å². The Balaban J connectivity index is 2.18. The second-order valence-corrected chi connectivity index (χ2v) is 5.17. The Morgan fingerprint density at radius 3 is 2.76 bits per heavy atom. The molecule has 1 fully saturated rings. The molecule has 2 amide bonds. The first-order chi connectivity index (χ1) is 9.93. The summed E-state index contributed by atoms with van der Waals surface area (Å²) in [6.45, 7) is 2.34. The second-order valence-electron chi connectivity index (χ2n) is 5.17. The third-order valence-corrected chi connectivity index (χ3v) is 3.81. The van der Waals surface area contributed by atoms with Crippen LogP contribution in [0.5, 0.6) is 5.75 Å². The number of phenols is 1. The predicted molar refractivity (Wildman–Crippen MR) is 75.4 cm³/mol. The van der Waals surface area contributed by atoms with Gasteiger partial charge in [0.15, 0.2) is 0 Å². The Morgan fingerprint density at radius 2 is 2.14 bits per heavy atom. The van der Waals surface area contributed by atoms with Crippen molar-refractivity contribution in [1.82, 2.24) is 4.90 Å². The van der Waals surface area contributed by atoms with Crippen LogP contribution in [-0.2, 0) is 0 Å². The number of nitrogens with zero attached hydrogens (tertiary/aromatic N) is 1. The van der Waals surface area contributed by atoms with Gasteiger partial charge in [-0.15, -0.1) is 0 Å². The van der Waals surface area contributed by atoms with Crippen LogP contribution in [0.1, 0.15) is 23.7 Å². The lowest BCUT2D eigenvalue weighted by Crippen LogP contribution is -2.42. The number of carbonyl (C=O) groups is 2. The SMILES string of the molecule is CC1CCN(C(=O)Nc2ccc(O)cc2C(=O)O)C1CO. The van der Waals surface area contributed by atoms with E-state index >= 15 is 0 Å². The van der Waals surface area contributed by atoms with E-state index < -0.39 is 12.0 Å². The topological polar surface area (TPSA) is 110 Å². The van der Waals surface area contributed by atoms with Gasteiger partial charge in [-0.2, -0.15) is 0 Å². The van der Waals surface area contributed by atoms with Gasteiger partial charge in [-0.3, -0.25) is 0 Å². The number of aliphatic hydroxyl groups is 1. The molecule has 0 saturated carbocycles. The maximum atomic E-state index is 12.2. The maximum Gasteiger partial charge on any atom is 0.337 e. The summed E-state index contributed by atoms with van der Waals surface area (Å²) in [6.07, 6.45) is 0.792. The molecular formula is C14H18N2O5. The second kappa shape index (κ2) is 6.01. The van der Waals surface area contributed by atoms with Gasteiger partial charge < -0.3 is 25.5 Å². The number of phenolic OH excluding ortho intramolecular Hbond substituents is 1. The Hall–Kier alpha value is -2.28. The molecule has 1 aliphatic heterocycles. The van der Waals surface area contributed by atoms with Crippen molar-refractivity contribution in [2.75, 3.05) is 18.5 Å². The number of hydrogen-bond donors (Lipinski definition) is 4. The van der Waals surface area contributed by atoms with Gasteiger partial charge in [-0.05, 0) is 30.5 Å². The van der Waals surface area contributed by atoms with Crippen LogP contribution >= 0.6 is 0 Å². The van der Waals surface area contributed by atoms with Crippen LogP contribution in [0, 0.1) is 5.92 Å². The maximum absolute atomic E-state index is 12.2. The summed E-state index contributed by atoms with van der Waals surface area (Å²) < 4.78 is 0. The van der Waals surface area contributed by atoms with Crippen LogP contribution in [0.15, 0.2) is 18.2 Å². The molecule has 0 aliphatic carbocycles. The summed E-state index contributed by atoms with van der Waals surface area (Å²) in [6, 6.07) is 3.00. The lowest BCUT2D eigenvalue weighted by molar-refractivity contribution is 0.0697. The Morgan fingerprint density at radius 1 is 1.43 bits per heavy atom. The smallest absolute Gasteiger partial charge is 0.337 e. The average Bonchev–Trinajstić information content (AvgIpc) is 2.81. The fourth-order valence-corrected chi connectivity index (χ4v) is 2.54. The summed E-state index contributed by atoms with van der Waals surface area (Å²) in [5.74, 6) is -1.23. The van der Waals surface area contributed by atoms with Crippen molar-refractivity contribution in [3.05, 3.63) is 23.8 Å². The molecule has 114 valence electrons. The number of benzene rings is 1. The monoisotopic (exact) mass is 294 g/mol. The highest BCUT2D eigenvalue weighted by Crippen LogP contribution is 2.26. The number of anilines is 1. The minimum absolute atomic E-state index is 0.113. The Kier molecular flexibility index (Phi) is 4.32. The first-order valence-electron chi connectivity index (χ1n) is 6.68. The highest BCUT2D eigenvalue weighted by molar-refractivity contribution is 6.00. The van der Waals surface area contributed by atoms with E-state index in [-0.39, 0.29) is 35.6 Å². The number of aromatic carboxylic acids is 1. The van der Waals surface area contributed by atoms with Gasteiger partial charge in [-0.1, -0.05) is 6.92 Å². The van der Waals surface area contributed by atoms with Crippen LogP contribution in [0.25, 0.3) is 0 Å². The van der Waals surface area contributed by atoms with Crippen molar-refractivity contribution >= 4 is 17.7 Å². The molecule has 0 radical (unpaired) electrons. The van der Waals surface area contributed by atoms with Crippen LogP contribution in [-0.4, -0.2) is 51.4 Å². The van der Waals surface area contributed by atoms with E-state index in [0.29, 0.717) is 6.54 Å². The van der Waals surface area contributed by atoms with Crippen LogP contribution in [0.4, 0.5) is 10.5 Å². The molecule has 1 aromatic carbocycles. The molecule has 7 heteroatoms. The van der Waals surface area contributed by atoms with Crippen molar-refractivity contribution in [2.24, 2.45) is 5.92 Å². The zero-order chi connectivity index (χ0) is 15.6. The van der Waals surface area contributed by atoms with Gasteiger partial charge in [-0.25, -0.2) is 9.59 Å². The van der Waals surface area contributed by atoms with Gasteiger partial charge in [0.1, 0.15) is 5.75 Å². The number of rotatable bonds is 3. The number of likely N-dealkylation sites (tertiary alicyclic amines) is 1.